The van der Waals surface area contributed by atoms with Gasteiger partial charge in [-0.2, -0.15) is 0 Å². The number of aliphatic hydroxyl groups excluding tert-OH is 1. The highest BCUT2D eigenvalue weighted by Gasteiger charge is 2.12. The van der Waals surface area contributed by atoms with Crippen LogP contribution in [0.15, 0.2) is 24.3 Å². The molecule has 0 saturated carbocycles. The molecule has 1 N–H and O–H groups in total. The Balaban J connectivity index is 2.58. The summed E-state index contributed by atoms with van der Waals surface area (Å²) < 4.78 is 17.8. The van der Waals surface area contributed by atoms with E-state index < -0.39 is 0 Å². The molecule has 0 atom stereocenters. The van der Waals surface area contributed by atoms with E-state index in [1.165, 1.54) is 24.3 Å². The molecule has 1 aliphatic rings. The van der Waals surface area contributed by atoms with E-state index in [1.54, 1.807) is 0 Å². The smallest absolute Gasteiger partial charge is 0.130 e. The summed E-state index contributed by atoms with van der Waals surface area (Å²) in [5.74, 6) is 0.228. The summed E-state index contributed by atoms with van der Waals surface area (Å²) in [6.45, 7) is 0.338. The van der Waals surface area contributed by atoms with Gasteiger partial charge in [-0.25, -0.2) is 4.39 Å². The molecule has 0 radical (unpaired) electrons. The molecule has 0 spiro atoms. The van der Waals surface area contributed by atoms with Gasteiger partial charge in [0, 0.05) is 0 Å². The normalized spacial score (nSPS) is 14.6. The topological polar surface area (TPSA) is 29.5 Å². The number of benzene rings is 1. The lowest BCUT2D eigenvalue weighted by Crippen LogP contribution is -2.04. The minimum Gasteiger partial charge on any atom is -0.507 e. The van der Waals surface area contributed by atoms with Crippen LogP contribution in [0.5, 0.6) is 5.75 Å². The molecule has 3 heteroatoms. The van der Waals surface area contributed by atoms with Crippen LogP contribution in [0.3, 0.4) is 0 Å². The summed E-state index contributed by atoms with van der Waals surface area (Å²) in [5, 5.41) is 9.30. The molecule has 1 aliphatic heterocycles. The SMILES string of the molecule is OC1=CCOc2ccc(F)cc21. The van der Waals surface area contributed by atoms with Crippen LogP contribution in [-0.2, 0) is 0 Å². The van der Waals surface area contributed by atoms with Crippen molar-refractivity contribution in [3.8, 4) is 5.75 Å². The molecule has 0 fully saturated rings. The number of fused-ring (bicyclic) bond motifs is 1. The number of rotatable bonds is 0. The van der Waals surface area contributed by atoms with Gasteiger partial charge in [0.25, 0.3) is 0 Å². The Morgan fingerprint density at radius 1 is 1.42 bits per heavy atom. The molecule has 12 heavy (non-hydrogen) atoms. The Morgan fingerprint density at radius 3 is 3.08 bits per heavy atom. The molecular formula is C9H7FO2. The third-order valence-corrected chi connectivity index (χ3v) is 1.73. The van der Waals surface area contributed by atoms with E-state index in [1.807, 2.05) is 0 Å². The molecular weight excluding hydrogens is 159 g/mol. The minimum absolute atomic E-state index is 0.0794. The van der Waals surface area contributed by atoms with Gasteiger partial charge >= 0.3 is 0 Å². The molecule has 2 rings (SSSR count). The lowest BCUT2D eigenvalue weighted by atomic mass is 10.1. The molecule has 0 aliphatic carbocycles. The molecule has 1 heterocycles. The molecule has 0 saturated heterocycles. The maximum absolute atomic E-state index is 12.7. The average molecular weight is 166 g/mol. The van der Waals surface area contributed by atoms with Crippen molar-refractivity contribution in [1.82, 2.24) is 0 Å². The highest BCUT2D eigenvalue weighted by atomic mass is 19.1. The molecule has 0 aromatic heterocycles. The van der Waals surface area contributed by atoms with Gasteiger partial charge < -0.3 is 9.84 Å². The maximum atomic E-state index is 12.7. The standard InChI is InChI=1S/C9H7FO2/c10-6-1-2-9-7(5-6)8(11)3-4-12-9/h1-3,5,11H,4H2. The number of ether oxygens (including phenoxy) is 1. The second-order valence-corrected chi connectivity index (χ2v) is 2.54. The van der Waals surface area contributed by atoms with E-state index in [0.717, 1.165) is 0 Å². The van der Waals surface area contributed by atoms with Crippen LogP contribution in [0.4, 0.5) is 4.39 Å². The van der Waals surface area contributed by atoms with Crippen molar-refractivity contribution in [2.24, 2.45) is 0 Å². The molecule has 2 nitrogen and oxygen atoms in total. The van der Waals surface area contributed by atoms with Crippen molar-refractivity contribution in [2.75, 3.05) is 6.61 Å². The van der Waals surface area contributed by atoms with Crippen LogP contribution < -0.4 is 4.74 Å². The van der Waals surface area contributed by atoms with Gasteiger partial charge in [-0.3, -0.25) is 0 Å². The second kappa shape index (κ2) is 2.52. The van der Waals surface area contributed by atoms with Crippen molar-refractivity contribution in [3.05, 3.63) is 35.7 Å². The van der Waals surface area contributed by atoms with Gasteiger partial charge in [-0.1, -0.05) is 0 Å². The summed E-state index contributed by atoms with van der Waals surface area (Å²) in [6.07, 6.45) is 1.50. The fourth-order valence-corrected chi connectivity index (χ4v) is 1.15. The first-order chi connectivity index (χ1) is 5.77. The van der Waals surface area contributed by atoms with Crippen molar-refractivity contribution < 1.29 is 14.2 Å². The van der Waals surface area contributed by atoms with Crippen LogP contribution in [0.2, 0.25) is 0 Å². The quantitative estimate of drug-likeness (QED) is 0.639. The third-order valence-electron chi connectivity index (χ3n) is 1.73. The fourth-order valence-electron chi connectivity index (χ4n) is 1.15. The van der Waals surface area contributed by atoms with Gasteiger partial charge in [0.05, 0.1) is 5.56 Å². The Morgan fingerprint density at radius 2 is 2.25 bits per heavy atom. The number of aliphatic hydroxyl groups is 1. The zero-order valence-electron chi connectivity index (χ0n) is 6.25. The summed E-state index contributed by atoms with van der Waals surface area (Å²) in [7, 11) is 0. The van der Waals surface area contributed by atoms with E-state index in [0.29, 0.717) is 17.9 Å². The summed E-state index contributed by atoms with van der Waals surface area (Å²) in [5.41, 5.74) is 0.418. The number of hydrogen-bond acceptors (Lipinski definition) is 2. The van der Waals surface area contributed by atoms with Crippen LogP contribution in [-0.4, -0.2) is 11.7 Å². The maximum Gasteiger partial charge on any atom is 0.130 e. The number of hydrogen-bond donors (Lipinski definition) is 1. The molecule has 0 amide bonds. The van der Waals surface area contributed by atoms with Crippen LogP contribution in [0, 0.1) is 5.82 Å². The fraction of sp³-hybridized carbons (Fsp3) is 0.111. The first-order valence-electron chi connectivity index (χ1n) is 3.59. The first-order valence-corrected chi connectivity index (χ1v) is 3.59. The lowest BCUT2D eigenvalue weighted by Gasteiger charge is -2.14. The van der Waals surface area contributed by atoms with Gasteiger partial charge in [-0.05, 0) is 24.3 Å². The van der Waals surface area contributed by atoms with Crippen LogP contribution in [0.25, 0.3) is 5.76 Å². The molecule has 1 aromatic rings. The first kappa shape index (κ1) is 7.16. The van der Waals surface area contributed by atoms with E-state index >= 15 is 0 Å². The number of halogens is 1. The zero-order chi connectivity index (χ0) is 8.55. The Kier molecular flexibility index (Phi) is 1.50. The molecule has 62 valence electrons. The van der Waals surface area contributed by atoms with E-state index in [-0.39, 0.29) is 11.6 Å². The highest BCUT2D eigenvalue weighted by molar-refractivity contribution is 5.66. The predicted molar refractivity (Wildman–Crippen MR) is 42.5 cm³/mol. The van der Waals surface area contributed by atoms with Crippen molar-refractivity contribution >= 4 is 5.76 Å². The Labute approximate surface area is 68.9 Å². The molecule has 1 aromatic carbocycles. The van der Waals surface area contributed by atoms with Gasteiger partial charge in [0.1, 0.15) is 23.9 Å². The summed E-state index contributed by atoms with van der Waals surface area (Å²) >= 11 is 0. The summed E-state index contributed by atoms with van der Waals surface area (Å²) in [6, 6.07) is 4.06. The van der Waals surface area contributed by atoms with Crippen molar-refractivity contribution in [1.29, 1.82) is 0 Å². The highest BCUT2D eigenvalue weighted by Crippen LogP contribution is 2.28. The van der Waals surface area contributed by atoms with Gasteiger partial charge in [0.2, 0.25) is 0 Å². The van der Waals surface area contributed by atoms with Gasteiger partial charge in [-0.15, -0.1) is 0 Å². The second-order valence-electron chi connectivity index (χ2n) is 2.54. The molecule has 0 unspecified atom stereocenters. The minimum atomic E-state index is -0.376. The Hall–Kier alpha value is -1.51. The lowest BCUT2D eigenvalue weighted by molar-refractivity contribution is 0.345. The van der Waals surface area contributed by atoms with E-state index in [9.17, 15) is 9.50 Å². The van der Waals surface area contributed by atoms with Crippen molar-refractivity contribution in [3.63, 3.8) is 0 Å². The van der Waals surface area contributed by atoms with Gasteiger partial charge in [0.15, 0.2) is 0 Å². The largest absolute Gasteiger partial charge is 0.507 e. The monoisotopic (exact) mass is 166 g/mol. The van der Waals surface area contributed by atoms with E-state index in [4.69, 9.17) is 4.74 Å². The summed E-state index contributed by atoms with van der Waals surface area (Å²) in [4.78, 5) is 0. The average Bonchev–Trinajstić information content (AvgIpc) is 2.07. The zero-order valence-corrected chi connectivity index (χ0v) is 6.25. The van der Waals surface area contributed by atoms with Crippen LogP contribution in [0.1, 0.15) is 5.56 Å². The van der Waals surface area contributed by atoms with Crippen LogP contribution >= 0.6 is 0 Å². The Bertz CT molecular complexity index is 344. The molecule has 0 bridgehead atoms. The third kappa shape index (κ3) is 1.03. The predicted octanol–water partition coefficient (Wildman–Crippen LogP) is 2.12. The van der Waals surface area contributed by atoms with E-state index in [2.05, 4.69) is 0 Å². The van der Waals surface area contributed by atoms with Crippen molar-refractivity contribution in [2.45, 2.75) is 0 Å².